The molecule has 128 valence electrons. The van der Waals surface area contributed by atoms with Crippen molar-refractivity contribution >= 4 is 28.5 Å². The Hall–Kier alpha value is -3.69. The number of hydrogen-bond donors (Lipinski definition) is 1. The highest BCUT2D eigenvalue weighted by Crippen LogP contribution is 2.24. The Morgan fingerprint density at radius 1 is 1.36 bits per heavy atom. The van der Waals surface area contributed by atoms with Gasteiger partial charge in [0.15, 0.2) is 11.5 Å². The molecule has 0 aliphatic rings. The fraction of sp³-hybridized carbons (Fsp3) is 0.133. The molecular weight excluding hydrogens is 334 g/mol. The van der Waals surface area contributed by atoms with Crippen molar-refractivity contribution in [2.24, 2.45) is 0 Å². The van der Waals surface area contributed by atoms with Gasteiger partial charge >= 0.3 is 5.97 Å². The van der Waals surface area contributed by atoms with E-state index in [1.807, 2.05) is 0 Å². The van der Waals surface area contributed by atoms with E-state index in [1.54, 1.807) is 0 Å². The highest BCUT2D eigenvalue weighted by Gasteiger charge is 2.17. The van der Waals surface area contributed by atoms with Crippen LogP contribution < -0.4 is 5.32 Å². The predicted molar refractivity (Wildman–Crippen MR) is 81.9 cm³/mol. The van der Waals surface area contributed by atoms with Gasteiger partial charge in [-0.1, -0.05) is 0 Å². The van der Waals surface area contributed by atoms with Gasteiger partial charge in [0.25, 0.3) is 11.6 Å². The van der Waals surface area contributed by atoms with Gasteiger partial charge in [-0.25, -0.2) is 9.78 Å². The molecule has 1 amide bonds. The van der Waals surface area contributed by atoms with Crippen LogP contribution in [0.4, 0.5) is 5.69 Å². The number of non-ortho nitro benzene ring substituents is 1. The molecule has 10 heteroatoms. The van der Waals surface area contributed by atoms with Crippen LogP contribution in [0, 0.1) is 10.1 Å². The van der Waals surface area contributed by atoms with Crippen molar-refractivity contribution in [3.05, 3.63) is 58.0 Å². The van der Waals surface area contributed by atoms with Crippen molar-refractivity contribution < 1.29 is 28.1 Å². The zero-order valence-electron chi connectivity index (χ0n) is 12.8. The third-order valence-corrected chi connectivity index (χ3v) is 3.28. The monoisotopic (exact) mass is 345 g/mol. The smallest absolute Gasteiger partial charge is 0.360 e. The van der Waals surface area contributed by atoms with Crippen molar-refractivity contribution in [3.8, 4) is 0 Å². The molecule has 0 bridgehead atoms. The first-order valence-electron chi connectivity index (χ1n) is 6.97. The van der Waals surface area contributed by atoms with Crippen molar-refractivity contribution in [3.63, 3.8) is 0 Å². The molecule has 2 aromatic heterocycles. The molecular formula is C15H11N3O7. The number of rotatable bonds is 5. The molecule has 0 aliphatic carbocycles. The second kappa shape index (κ2) is 6.43. The average molecular weight is 345 g/mol. The molecule has 2 heterocycles. The van der Waals surface area contributed by atoms with Gasteiger partial charge in [-0.05, 0) is 12.1 Å². The van der Waals surface area contributed by atoms with Crippen LogP contribution in [0.1, 0.15) is 26.9 Å². The standard InChI is InChI=1S/C15H11N3O7/c1-23-15(20)10-7-24-13(17-10)6-16-14(19)12-5-8-4-9(18(21)22)2-3-11(8)25-12/h2-5,7H,6H2,1H3,(H,16,19). The third kappa shape index (κ3) is 3.32. The molecule has 3 rings (SSSR count). The van der Waals surface area contributed by atoms with Crippen LogP contribution in [0.5, 0.6) is 0 Å². The van der Waals surface area contributed by atoms with E-state index < -0.39 is 16.8 Å². The number of methoxy groups -OCH3 is 1. The molecule has 3 aromatic rings. The first kappa shape index (κ1) is 16.2. The van der Waals surface area contributed by atoms with Gasteiger partial charge in [0.2, 0.25) is 5.89 Å². The number of hydrogen-bond acceptors (Lipinski definition) is 8. The van der Waals surface area contributed by atoms with E-state index in [0.29, 0.717) is 11.0 Å². The Balaban J connectivity index is 1.70. The fourth-order valence-electron chi connectivity index (χ4n) is 2.09. The number of amides is 1. The maximum Gasteiger partial charge on any atom is 0.360 e. The summed E-state index contributed by atoms with van der Waals surface area (Å²) in [5.74, 6) is -1.12. The summed E-state index contributed by atoms with van der Waals surface area (Å²) in [6.45, 7) is -0.0764. The van der Waals surface area contributed by atoms with Gasteiger partial charge in [-0.3, -0.25) is 14.9 Å². The Morgan fingerprint density at radius 2 is 2.16 bits per heavy atom. The van der Waals surface area contributed by atoms with Crippen LogP contribution in [-0.2, 0) is 11.3 Å². The van der Waals surface area contributed by atoms with Crippen molar-refractivity contribution in [1.29, 1.82) is 0 Å². The number of oxazole rings is 1. The first-order valence-corrected chi connectivity index (χ1v) is 6.97. The molecule has 1 aromatic carbocycles. The summed E-state index contributed by atoms with van der Waals surface area (Å²) in [6.07, 6.45) is 1.12. The number of benzene rings is 1. The summed E-state index contributed by atoms with van der Waals surface area (Å²) in [5, 5.41) is 13.7. The average Bonchev–Trinajstić information content (AvgIpc) is 3.24. The Labute approximate surface area is 139 Å². The summed E-state index contributed by atoms with van der Waals surface area (Å²) in [6, 6.07) is 5.41. The van der Waals surface area contributed by atoms with Crippen molar-refractivity contribution in [2.45, 2.75) is 6.54 Å². The summed E-state index contributed by atoms with van der Waals surface area (Å²) in [4.78, 5) is 37.5. The lowest BCUT2D eigenvalue weighted by molar-refractivity contribution is -0.384. The summed E-state index contributed by atoms with van der Waals surface area (Å²) >= 11 is 0. The van der Waals surface area contributed by atoms with Gasteiger partial charge in [-0.2, -0.15) is 0 Å². The lowest BCUT2D eigenvalue weighted by atomic mass is 10.2. The number of fused-ring (bicyclic) bond motifs is 1. The zero-order chi connectivity index (χ0) is 18.0. The molecule has 25 heavy (non-hydrogen) atoms. The molecule has 0 saturated carbocycles. The maximum atomic E-state index is 12.1. The molecule has 0 radical (unpaired) electrons. The second-order valence-corrected chi connectivity index (χ2v) is 4.89. The molecule has 0 fully saturated rings. The number of ether oxygens (including phenoxy) is 1. The van der Waals surface area contributed by atoms with E-state index in [2.05, 4.69) is 15.0 Å². The van der Waals surface area contributed by atoms with Gasteiger partial charge in [0.1, 0.15) is 11.8 Å². The van der Waals surface area contributed by atoms with E-state index in [9.17, 15) is 19.7 Å². The fourth-order valence-corrected chi connectivity index (χ4v) is 2.09. The van der Waals surface area contributed by atoms with Crippen LogP contribution >= 0.6 is 0 Å². The first-order chi connectivity index (χ1) is 12.0. The number of aromatic nitrogens is 1. The number of nitro groups is 1. The quantitative estimate of drug-likeness (QED) is 0.421. The SMILES string of the molecule is COC(=O)c1coc(CNC(=O)c2cc3cc([N+](=O)[O-])ccc3o2)n1. The van der Waals surface area contributed by atoms with E-state index in [4.69, 9.17) is 8.83 Å². The highest BCUT2D eigenvalue weighted by atomic mass is 16.6. The van der Waals surface area contributed by atoms with Crippen molar-refractivity contribution in [2.75, 3.05) is 7.11 Å². The number of carbonyl (C=O) groups is 2. The Kier molecular flexibility index (Phi) is 4.16. The summed E-state index contributed by atoms with van der Waals surface area (Å²) < 4.78 is 14.9. The molecule has 0 spiro atoms. The van der Waals surface area contributed by atoms with Gasteiger partial charge in [-0.15, -0.1) is 0 Å². The second-order valence-electron chi connectivity index (χ2n) is 4.89. The predicted octanol–water partition coefficient (Wildman–Crippen LogP) is 2.05. The normalized spacial score (nSPS) is 10.6. The van der Waals surface area contributed by atoms with Crippen molar-refractivity contribution in [1.82, 2.24) is 10.3 Å². The third-order valence-electron chi connectivity index (χ3n) is 3.28. The topological polar surface area (TPSA) is 138 Å². The van der Waals surface area contributed by atoms with Crippen LogP contribution in [0.15, 0.2) is 39.4 Å². The minimum Gasteiger partial charge on any atom is -0.464 e. The van der Waals surface area contributed by atoms with E-state index in [0.717, 1.165) is 6.26 Å². The van der Waals surface area contributed by atoms with Crippen LogP contribution in [0.25, 0.3) is 11.0 Å². The Morgan fingerprint density at radius 3 is 2.88 bits per heavy atom. The van der Waals surface area contributed by atoms with Gasteiger partial charge in [0.05, 0.1) is 18.6 Å². The lowest BCUT2D eigenvalue weighted by Gasteiger charge is -1.98. The number of nitrogens with zero attached hydrogens (tertiary/aromatic N) is 2. The number of nitrogens with one attached hydrogen (secondary N) is 1. The van der Waals surface area contributed by atoms with Gasteiger partial charge < -0.3 is 18.9 Å². The number of furan rings is 1. The maximum absolute atomic E-state index is 12.1. The Bertz CT molecular complexity index is 973. The van der Waals surface area contributed by atoms with Gasteiger partial charge in [0, 0.05) is 17.5 Å². The molecule has 10 nitrogen and oxygen atoms in total. The molecule has 0 unspecified atom stereocenters. The van der Waals surface area contributed by atoms with Crippen LogP contribution in [0.3, 0.4) is 0 Å². The van der Waals surface area contributed by atoms with Crippen LogP contribution in [-0.4, -0.2) is 28.9 Å². The number of nitro benzene ring substituents is 1. The zero-order valence-corrected chi connectivity index (χ0v) is 12.8. The largest absolute Gasteiger partial charge is 0.464 e. The molecule has 0 atom stereocenters. The summed E-state index contributed by atoms with van der Waals surface area (Å²) in [5.41, 5.74) is 0.234. The molecule has 0 saturated heterocycles. The van der Waals surface area contributed by atoms with E-state index in [1.165, 1.54) is 31.4 Å². The number of esters is 1. The minimum atomic E-state index is -0.653. The lowest BCUT2D eigenvalue weighted by Crippen LogP contribution is -2.22. The molecule has 0 aliphatic heterocycles. The van der Waals surface area contributed by atoms with Crippen LogP contribution in [0.2, 0.25) is 0 Å². The summed E-state index contributed by atoms with van der Waals surface area (Å²) in [7, 11) is 1.21. The van der Waals surface area contributed by atoms with E-state index in [-0.39, 0.29) is 29.6 Å². The minimum absolute atomic E-state index is 0.0113. The molecule has 1 N–H and O–H groups in total. The number of carbonyl (C=O) groups excluding carboxylic acids is 2. The highest BCUT2D eigenvalue weighted by molar-refractivity contribution is 5.96. The van der Waals surface area contributed by atoms with E-state index >= 15 is 0 Å².